The molecule has 0 bridgehead atoms. The summed E-state index contributed by atoms with van der Waals surface area (Å²) in [6.45, 7) is 4.30. The van der Waals surface area contributed by atoms with E-state index in [0.29, 0.717) is 21.5 Å². The lowest BCUT2D eigenvalue weighted by Crippen LogP contribution is -2.20. The van der Waals surface area contributed by atoms with Gasteiger partial charge < -0.3 is 0 Å². The van der Waals surface area contributed by atoms with E-state index in [1.807, 2.05) is 41.8 Å². The van der Waals surface area contributed by atoms with Gasteiger partial charge in [-0.15, -0.1) is 22.7 Å². The number of rotatable bonds is 5. The number of thiophene rings is 1. The van der Waals surface area contributed by atoms with Crippen LogP contribution in [-0.4, -0.2) is 14.5 Å². The van der Waals surface area contributed by atoms with Gasteiger partial charge in [-0.2, -0.15) is 0 Å². The summed E-state index contributed by atoms with van der Waals surface area (Å²) in [5.74, 6) is 1.12. The van der Waals surface area contributed by atoms with E-state index in [9.17, 15) is 4.79 Å². The van der Waals surface area contributed by atoms with Crippen LogP contribution >= 0.6 is 34.4 Å². The molecular formula is C19H17N3OS3. The molecule has 0 aliphatic carbocycles. The monoisotopic (exact) mass is 399 g/mol. The molecule has 7 heteroatoms. The minimum atomic E-state index is -0.0140. The topological polar surface area (TPSA) is 47.8 Å². The van der Waals surface area contributed by atoms with Gasteiger partial charge in [0.1, 0.15) is 4.70 Å². The van der Waals surface area contributed by atoms with Gasteiger partial charge in [-0.3, -0.25) is 9.36 Å². The molecule has 3 aromatic heterocycles. The first-order valence-electron chi connectivity index (χ1n) is 8.26. The largest absolute Gasteiger partial charge is 0.276 e. The number of thioether (sulfide) groups is 1. The molecule has 4 aromatic rings. The van der Waals surface area contributed by atoms with E-state index in [1.165, 1.54) is 11.3 Å². The van der Waals surface area contributed by atoms with Gasteiger partial charge in [-0.05, 0) is 23.6 Å². The third-order valence-electron chi connectivity index (χ3n) is 3.88. The molecule has 0 atom stereocenters. The first-order chi connectivity index (χ1) is 12.6. The van der Waals surface area contributed by atoms with Crippen LogP contribution in [0.3, 0.4) is 0 Å². The summed E-state index contributed by atoms with van der Waals surface area (Å²) in [5, 5.41) is 5.85. The molecule has 0 radical (unpaired) electrons. The molecule has 0 N–H and O–H groups in total. The molecule has 4 rings (SSSR count). The van der Waals surface area contributed by atoms with E-state index >= 15 is 0 Å². The van der Waals surface area contributed by atoms with Crippen molar-refractivity contribution < 1.29 is 0 Å². The minimum absolute atomic E-state index is 0.0140. The van der Waals surface area contributed by atoms with E-state index in [1.54, 1.807) is 27.7 Å². The quantitative estimate of drug-likeness (QED) is 0.337. The summed E-state index contributed by atoms with van der Waals surface area (Å²) in [7, 11) is 0. The van der Waals surface area contributed by atoms with Crippen molar-refractivity contribution in [2.45, 2.75) is 30.7 Å². The Kier molecular flexibility index (Phi) is 4.93. The molecule has 0 spiro atoms. The Hall–Kier alpha value is -1.96. The second kappa shape index (κ2) is 7.34. The third-order valence-corrected chi connectivity index (χ3v) is 6.93. The van der Waals surface area contributed by atoms with Gasteiger partial charge in [0.2, 0.25) is 0 Å². The number of hydrogen-bond donors (Lipinski definition) is 0. The Morgan fingerprint density at radius 3 is 2.65 bits per heavy atom. The van der Waals surface area contributed by atoms with Gasteiger partial charge in [0.05, 0.1) is 21.9 Å². The highest BCUT2D eigenvalue weighted by molar-refractivity contribution is 7.98. The first kappa shape index (κ1) is 17.5. The molecule has 0 aliphatic rings. The van der Waals surface area contributed by atoms with E-state index < -0.39 is 0 Å². The normalized spacial score (nSPS) is 11.5. The predicted octanol–water partition coefficient (Wildman–Crippen LogP) is 5.32. The van der Waals surface area contributed by atoms with Crippen LogP contribution in [-0.2, 0) is 5.75 Å². The van der Waals surface area contributed by atoms with Gasteiger partial charge in [0.25, 0.3) is 5.56 Å². The first-order valence-corrected chi connectivity index (χ1v) is 11.0. The summed E-state index contributed by atoms with van der Waals surface area (Å²) >= 11 is 4.68. The fourth-order valence-electron chi connectivity index (χ4n) is 2.59. The Morgan fingerprint density at radius 1 is 1.12 bits per heavy atom. The summed E-state index contributed by atoms with van der Waals surface area (Å²) in [6.07, 6.45) is 0. The predicted molar refractivity (Wildman–Crippen MR) is 111 cm³/mol. The smallest absolute Gasteiger partial charge is 0.267 e. The third kappa shape index (κ3) is 3.34. The van der Waals surface area contributed by atoms with Gasteiger partial charge in [0.15, 0.2) is 5.16 Å². The molecule has 4 nitrogen and oxygen atoms in total. The second-order valence-corrected chi connectivity index (χ2v) is 8.87. The van der Waals surface area contributed by atoms with E-state index in [2.05, 4.69) is 24.2 Å². The SMILES string of the molecule is CC(C)c1nc(CSc2nc3ccsc3c(=O)n2-c2ccccc2)cs1. The summed E-state index contributed by atoms with van der Waals surface area (Å²) in [6, 6.07) is 11.6. The van der Waals surface area contributed by atoms with Crippen molar-refractivity contribution in [3.63, 3.8) is 0 Å². The average molecular weight is 400 g/mol. The van der Waals surface area contributed by atoms with Gasteiger partial charge in [-0.1, -0.05) is 43.8 Å². The van der Waals surface area contributed by atoms with Crippen LogP contribution in [0, 0.1) is 0 Å². The molecule has 0 fully saturated rings. The maximum absolute atomic E-state index is 13.0. The minimum Gasteiger partial charge on any atom is -0.267 e. The van der Waals surface area contributed by atoms with Crippen LogP contribution in [0.1, 0.15) is 30.5 Å². The lowest BCUT2D eigenvalue weighted by atomic mass is 10.2. The average Bonchev–Trinajstić information content (AvgIpc) is 3.30. The summed E-state index contributed by atoms with van der Waals surface area (Å²) in [5.41, 5.74) is 2.61. The van der Waals surface area contributed by atoms with Crippen LogP contribution in [0.5, 0.6) is 0 Å². The van der Waals surface area contributed by atoms with Crippen LogP contribution < -0.4 is 5.56 Å². The van der Waals surface area contributed by atoms with Crippen molar-refractivity contribution in [2.24, 2.45) is 0 Å². The van der Waals surface area contributed by atoms with Crippen molar-refractivity contribution >= 4 is 44.7 Å². The Morgan fingerprint density at radius 2 is 1.92 bits per heavy atom. The number of hydrogen-bond acceptors (Lipinski definition) is 6. The summed E-state index contributed by atoms with van der Waals surface area (Å²) in [4.78, 5) is 22.4. The fraction of sp³-hybridized carbons (Fsp3) is 0.211. The van der Waals surface area contributed by atoms with Crippen LogP contribution in [0.25, 0.3) is 15.9 Å². The zero-order valence-electron chi connectivity index (χ0n) is 14.4. The van der Waals surface area contributed by atoms with E-state index in [-0.39, 0.29) is 5.56 Å². The lowest BCUT2D eigenvalue weighted by Gasteiger charge is -2.11. The number of thiazole rings is 1. The van der Waals surface area contributed by atoms with Crippen molar-refractivity contribution in [3.05, 3.63) is 68.2 Å². The lowest BCUT2D eigenvalue weighted by molar-refractivity contribution is 0.820. The molecule has 0 saturated carbocycles. The molecule has 26 heavy (non-hydrogen) atoms. The molecule has 132 valence electrons. The highest BCUT2D eigenvalue weighted by atomic mass is 32.2. The molecule has 0 aliphatic heterocycles. The maximum Gasteiger partial charge on any atom is 0.276 e. The van der Waals surface area contributed by atoms with Crippen LogP contribution in [0.15, 0.2) is 57.1 Å². The zero-order chi connectivity index (χ0) is 18.1. The van der Waals surface area contributed by atoms with E-state index in [0.717, 1.165) is 21.9 Å². The van der Waals surface area contributed by atoms with Gasteiger partial charge in [-0.25, -0.2) is 9.97 Å². The molecule has 0 amide bonds. The summed E-state index contributed by atoms with van der Waals surface area (Å²) < 4.78 is 2.40. The molecule has 0 unspecified atom stereocenters. The number of fused-ring (bicyclic) bond motifs is 1. The number of aromatic nitrogens is 3. The highest BCUT2D eigenvalue weighted by Gasteiger charge is 2.15. The number of para-hydroxylation sites is 1. The van der Waals surface area contributed by atoms with Crippen molar-refractivity contribution in [3.8, 4) is 5.69 Å². The van der Waals surface area contributed by atoms with Crippen LogP contribution in [0.2, 0.25) is 0 Å². The molecule has 0 saturated heterocycles. The zero-order valence-corrected chi connectivity index (χ0v) is 16.8. The van der Waals surface area contributed by atoms with Gasteiger partial charge in [0, 0.05) is 17.1 Å². The fourth-order valence-corrected chi connectivity index (χ4v) is 5.19. The Bertz CT molecular complexity index is 1100. The van der Waals surface area contributed by atoms with Gasteiger partial charge >= 0.3 is 0 Å². The van der Waals surface area contributed by atoms with E-state index in [4.69, 9.17) is 4.98 Å². The number of nitrogens with zero attached hydrogens (tertiary/aromatic N) is 3. The van der Waals surface area contributed by atoms with Crippen molar-refractivity contribution in [1.82, 2.24) is 14.5 Å². The van der Waals surface area contributed by atoms with Crippen molar-refractivity contribution in [2.75, 3.05) is 0 Å². The molecule has 1 aromatic carbocycles. The highest BCUT2D eigenvalue weighted by Crippen LogP contribution is 2.27. The Balaban J connectivity index is 1.74. The Labute approximate surface area is 163 Å². The van der Waals surface area contributed by atoms with Crippen LogP contribution in [0.4, 0.5) is 0 Å². The molecule has 3 heterocycles. The van der Waals surface area contributed by atoms with Crippen molar-refractivity contribution in [1.29, 1.82) is 0 Å². The number of benzene rings is 1. The second-order valence-electron chi connectivity index (χ2n) is 6.13. The molecular weight excluding hydrogens is 382 g/mol. The maximum atomic E-state index is 13.0. The standard InChI is InChI=1S/C19H17N3OS3/c1-12(2)17-20-13(10-25-17)11-26-19-21-15-8-9-24-16(15)18(23)22(19)14-6-4-3-5-7-14/h3-10,12H,11H2,1-2H3.